The first-order valence-corrected chi connectivity index (χ1v) is 10.8. The van der Waals surface area contributed by atoms with Crippen molar-refractivity contribution in [3.05, 3.63) is 12.7 Å². The molecule has 0 amide bonds. The highest BCUT2D eigenvalue weighted by Gasteiger charge is 2.47. The molecule has 3 unspecified atom stereocenters. The molecule has 0 aliphatic carbocycles. The number of carbonyl (C=O) groups excluding carboxylic acids is 1. The van der Waals surface area contributed by atoms with Crippen LogP contribution in [0.2, 0.25) is 0 Å². The summed E-state index contributed by atoms with van der Waals surface area (Å²) >= 11 is 0. The van der Waals surface area contributed by atoms with Crippen LogP contribution >= 0.6 is 0 Å². The number of nitrogens with zero attached hydrogens (tertiary/aromatic N) is 2. The van der Waals surface area contributed by atoms with E-state index in [1.54, 1.807) is 0 Å². The molecule has 2 rings (SSSR count). The van der Waals surface area contributed by atoms with Crippen molar-refractivity contribution in [1.29, 1.82) is 0 Å². The Hall–Kier alpha value is -0.910. The number of rotatable bonds is 6. The maximum atomic E-state index is 13.0. The van der Waals surface area contributed by atoms with Crippen molar-refractivity contribution in [3.8, 4) is 0 Å². The molecule has 2 aliphatic rings. The number of carbonyl (C=O) groups is 1. The summed E-state index contributed by atoms with van der Waals surface area (Å²) in [5.74, 6) is -0.189. The standard InChI is InChI=1S/C23H42N2O3/c1-10-14-24-15-18(19(17(24)2)20(26)28-21(3,4)5)16-27-25-22(6,7)12-11-13-23(25,8)9/h10,17-19H,1,11-16H2,2-9H3. The third kappa shape index (κ3) is 5.37. The van der Waals surface area contributed by atoms with Gasteiger partial charge in [0.1, 0.15) is 5.60 Å². The zero-order valence-corrected chi connectivity index (χ0v) is 19.4. The Balaban J connectivity index is 2.15. The fourth-order valence-corrected chi connectivity index (χ4v) is 5.02. The van der Waals surface area contributed by atoms with Crippen LogP contribution < -0.4 is 0 Å². The minimum Gasteiger partial charge on any atom is -0.460 e. The van der Waals surface area contributed by atoms with Gasteiger partial charge in [-0.1, -0.05) is 6.08 Å². The van der Waals surface area contributed by atoms with Gasteiger partial charge >= 0.3 is 5.97 Å². The third-order valence-electron chi connectivity index (χ3n) is 6.21. The van der Waals surface area contributed by atoms with E-state index in [1.165, 1.54) is 6.42 Å². The van der Waals surface area contributed by atoms with Crippen LogP contribution in [-0.4, -0.2) is 58.3 Å². The molecule has 0 saturated carbocycles. The molecule has 162 valence electrons. The first-order chi connectivity index (χ1) is 12.8. The second-order valence-electron chi connectivity index (χ2n) is 10.9. The fourth-order valence-electron chi connectivity index (χ4n) is 5.02. The Bertz CT molecular complexity index is 549. The highest BCUT2D eigenvalue weighted by Crippen LogP contribution is 2.40. The summed E-state index contributed by atoms with van der Waals surface area (Å²) in [5, 5.41) is 2.19. The molecule has 2 saturated heterocycles. The number of likely N-dealkylation sites (tertiary alicyclic amines) is 1. The molecule has 2 fully saturated rings. The van der Waals surface area contributed by atoms with Crippen LogP contribution in [0, 0.1) is 11.8 Å². The van der Waals surface area contributed by atoms with E-state index in [4.69, 9.17) is 9.57 Å². The van der Waals surface area contributed by atoms with Gasteiger partial charge < -0.3 is 4.74 Å². The molecule has 0 N–H and O–H groups in total. The molecule has 0 aromatic heterocycles. The van der Waals surface area contributed by atoms with Crippen molar-refractivity contribution in [3.63, 3.8) is 0 Å². The van der Waals surface area contributed by atoms with Crippen molar-refractivity contribution in [2.45, 2.75) is 97.4 Å². The zero-order valence-electron chi connectivity index (χ0n) is 19.4. The van der Waals surface area contributed by atoms with Crippen molar-refractivity contribution in [2.24, 2.45) is 11.8 Å². The van der Waals surface area contributed by atoms with Crippen molar-refractivity contribution in [2.75, 3.05) is 19.7 Å². The molecular formula is C23H42N2O3. The van der Waals surface area contributed by atoms with E-state index in [0.717, 1.165) is 25.9 Å². The number of hydroxylamine groups is 2. The van der Waals surface area contributed by atoms with E-state index in [9.17, 15) is 4.79 Å². The van der Waals surface area contributed by atoms with Gasteiger partial charge in [-0.05, 0) is 74.7 Å². The molecule has 0 bridgehead atoms. The van der Waals surface area contributed by atoms with Crippen LogP contribution in [-0.2, 0) is 14.4 Å². The van der Waals surface area contributed by atoms with Gasteiger partial charge in [0.25, 0.3) is 0 Å². The van der Waals surface area contributed by atoms with E-state index in [1.807, 2.05) is 26.8 Å². The summed E-state index contributed by atoms with van der Waals surface area (Å²) in [6, 6.07) is 0.115. The molecule has 5 heteroatoms. The Kier molecular flexibility index (Phi) is 7.05. The van der Waals surface area contributed by atoms with E-state index in [2.05, 4.69) is 51.2 Å². The highest BCUT2D eigenvalue weighted by atomic mass is 16.7. The Morgan fingerprint density at radius 2 is 1.75 bits per heavy atom. The lowest BCUT2D eigenvalue weighted by atomic mass is 9.82. The number of piperidine rings is 1. The quantitative estimate of drug-likeness (QED) is 0.493. The Morgan fingerprint density at radius 1 is 1.18 bits per heavy atom. The molecule has 2 aliphatic heterocycles. The van der Waals surface area contributed by atoms with Gasteiger partial charge in [-0.2, -0.15) is 5.06 Å². The predicted molar refractivity (Wildman–Crippen MR) is 114 cm³/mol. The summed E-state index contributed by atoms with van der Waals surface area (Å²) in [5.41, 5.74) is -0.493. The number of esters is 1. The summed E-state index contributed by atoms with van der Waals surface area (Å²) in [7, 11) is 0. The van der Waals surface area contributed by atoms with Gasteiger partial charge in [0.05, 0.1) is 12.5 Å². The second-order valence-corrected chi connectivity index (χ2v) is 10.9. The van der Waals surface area contributed by atoms with Crippen molar-refractivity contribution >= 4 is 5.97 Å². The molecule has 0 aromatic rings. The SMILES string of the molecule is C=CCN1CC(CON2C(C)(C)CCCC2(C)C)C(C(=O)OC(C)(C)C)C1C. The lowest BCUT2D eigenvalue weighted by Gasteiger charge is -2.51. The van der Waals surface area contributed by atoms with Crippen molar-refractivity contribution in [1.82, 2.24) is 9.96 Å². The normalized spacial score (nSPS) is 30.9. The lowest BCUT2D eigenvalue weighted by Crippen LogP contribution is -2.58. The minimum absolute atomic E-state index is 0.00576. The monoisotopic (exact) mass is 394 g/mol. The molecule has 0 aromatic carbocycles. The van der Waals surface area contributed by atoms with Gasteiger partial charge in [0.2, 0.25) is 0 Å². The summed E-state index contributed by atoms with van der Waals surface area (Å²) in [4.78, 5) is 21.8. The van der Waals surface area contributed by atoms with Gasteiger partial charge in [0, 0.05) is 36.1 Å². The molecule has 0 radical (unpaired) electrons. The van der Waals surface area contributed by atoms with E-state index < -0.39 is 5.60 Å². The number of hydrogen-bond donors (Lipinski definition) is 0. The van der Waals surface area contributed by atoms with E-state index in [0.29, 0.717) is 6.61 Å². The largest absolute Gasteiger partial charge is 0.460 e. The topological polar surface area (TPSA) is 42.0 Å². The lowest BCUT2D eigenvalue weighted by molar-refractivity contribution is -0.286. The average molecular weight is 395 g/mol. The maximum absolute atomic E-state index is 13.0. The fraction of sp³-hybridized carbons (Fsp3) is 0.870. The van der Waals surface area contributed by atoms with Crippen LogP contribution in [0.4, 0.5) is 0 Å². The van der Waals surface area contributed by atoms with E-state index >= 15 is 0 Å². The zero-order chi connectivity index (χ0) is 21.3. The van der Waals surface area contributed by atoms with Crippen LogP contribution in [0.3, 0.4) is 0 Å². The molecule has 0 spiro atoms. The Morgan fingerprint density at radius 3 is 2.25 bits per heavy atom. The number of ether oxygens (including phenoxy) is 1. The molecule has 2 heterocycles. The minimum atomic E-state index is -0.481. The van der Waals surface area contributed by atoms with Gasteiger partial charge in [0.15, 0.2) is 0 Å². The smallest absolute Gasteiger partial charge is 0.311 e. The van der Waals surface area contributed by atoms with Crippen LogP contribution in [0.15, 0.2) is 12.7 Å². The molecule has 28 heavy (non-hydrogen) atoms. The average Bonchev–Trinajstić information content (AvgIpc) is 2.80. The van der Waals surface area contributed by atoms with Crippen LogP contribution in [0.25, 0.3) is 0 Å². The molecule has 3 atom stereocenters. The number of hydrogen-bond acceptors (Lipinski definition) is 5. The maximum Gasteiger partial charge on any atom is 0.311 e. The third-order valence-corrected chi connectivity index (χ3v) is 6.21. The van der Waals surface area contributed by atoms with Gasteiger partial charge in [-0.3, -0.25) is 14.5 Å². The van der Waals surface area contributed by atoms with Crippen LogP contribution in [0.5, 0.6) is 0 Å². The summed E-state index contributed by atoms with van der Waals surface area (Å²) in [6.45, 7) is 22.9. The Labute approximate surface area is 172 Å². The van der Waals surface area contributed by atoms with E-state index in [-0.39, 0.29) is 34.9 Å². The van der Waals surface area contributed by atoms with Crippen molar-refractivity contribution < 1.29 is 14.4 Å². The highest BCUT2D eigenvalue weighted by molar-refractivity contribution is 5.74. The predicted octanol–water partition coefficient (Wildman–Crippen LogP) is 4.43. The summed E-state index contributed by atoms with van der Waals surface area (Å²) < 4.78 is 5.76. The summed E-state index contributed by atoms with van der Waals surface area (Å²) in [6.07, 6.45) is 5.36. The van der Waals surface area contributed by atoms with Crippen LogP contribution in [0.1, 0.15) is 74.7 Å². The first kappa shape index (κ1) is 23.4. The second kappa shape index (κ2) is 8.45. The van der Waals surface area contributed by atoms with Gasteiger partial charge in [-0.25, -0.2) is 0 Å². The molecule has 5 nitrogen and oxygen atoms in total. The van der Waals surface area contributed by atoms with Gasteiger partial charge in [-0.15, -0.1) is 6.58 Å². The molecular weight excluding hydrogens is 352 g/mol. The first-order valence-electron chi connectivity index (χ1n) is 10.8.